The molecule has 0 radical (unpaired) electrons. The van der Waals surface area contributed by atoms with Gasteiger partial charge in [0, 0.05) is 32.7 Å². The van der Waals surface area contributed by atoms with Crippen molar-refractivity contribution in [2.24, 2.45) is 0 Å². The Hall–Kier alpha value is -2.09. The molecule has 1 heterocycles. The van der Waals surface area contributed by atoms with E-state index in [1.165, 1.54) is 0 Å². The highest BCUT2D eigenvalue weighted by Crippen LogP contribution is 2.28. The Morgan fingerprint density at radius 3 is 2.41 bits per heavy atom. The van der Waals surface area contributed by atoms with E-state index in [4.69, 9.17) is 4.74 Å². The zero-order chi connectivity index (χ0) is 20.9. The van der Waals surface area contributed by atoms with Crippen molar-refractivity contribution >= 4 is 15.7 Å². The smallest absolute Gasteiger partial charge is 0.240 e. The Kier molecular flexibility index (Phi) is 7.16. The lowest BCUT2D eigenvalue weighted by atomic mass is 10.1. The van der Waals surface area contributed by atoms with E-state index < -0.39 is 10.0 Å². The number of hydrogen-bond donors (Lipinski definition) is 1. The third-order valence-corrected chi connectivity index (χ3v) is 6.99. The topological polar surface area (TPSA) is 61.9 Å². The second-order valence-corrected chi connectivity index (χ2v) is 9.26. The number of benzene rings is 2. The Bertz CT molecular complexity index is 923. The van der Waals surface area contributed by atoms with Crippen LogP contribution in [-0.4, -0.2) is 59.7 Å². The van der Waals surface area contributed by atoms with Gasteiger partial charge in [-0.05, 0) is 62.2 Å². The molecule has 2 aromatic carbocycles. The van der Waals surface area contributed by atoms with Gasteiger partial charge in [0.15, 0.2) is 0 Å². The largest absolute Gasteiger partial charge is 0.495 e. The second kappa shape index (κ2) is 9.61. The number of sulfonamides is 1. The first-order chi connectivity index (χ1) is 13.9. The van der Waals surface area contributed by atoms with Gasteiger partial charge in [-0.25, -0.2) is 13.1 Å². The van der Waals surface area contributed by atoms with E-state index in [-0.39, 0.29) is 0 Å². The molecular formula is C22H31N3O3S. The highest BCUT2D eigenvalue weighted by atomic mass is 32.2. The lowest BCUT2D eigenvalue weighted by Crippen LogP contribution is -2.47. The Morgan fingerprint density at radius 2 is 1.72 bits per heavy atom. The van der Waals surface area contributed by atoms with Crippen LogP contribution >= 0.6 is 0 Å². The van der Waals surface area contributed by atoms with Gasteiger partial charge in [-0.3, -0.25) is 4.90 Å². The van der Waals surface area contributed by atoms with Crippen LogP contribution in [0, 0.1) is 13.8 Å². The minimum atomic E-state index is -3.45. The van der Waals surface area contributed by atoms with E-state index in [1.54, 1.807) is 19.2 Å². The fraction of sp³-hybridized carbons (Fsp3) is 0.455. The monoisotopic (exact) mass is 417 g/mol. The molecule has 0 aliphatic carbocycles. The first kappa shape index (κ1) is 21.6. The Labute approximate surface area is 174 Å². The van der Waals surface area contributed by atoms with E-state index in [0.717, 1.165) is 61.7 Å². The lowest BCUT2D eigenvalue weighted by molar-refractivity contribution is 0.254. The summed E-state index contributed by atoms with van der Waals surface area (Å²) in [5.74, 6) is 0.904. The quantitative estimate of drug-likeness (QED) is 0.669. The maximum atomic E-state index is 12.5. The number of rotatable bonds is 8. The summed E-state index contributed by atoms with van der Waals surface area (Å²) < 4.78 is 33.1. The molecule has 1 aliphatic rings. The summed E-state index contributed by atoms with van der Waals surface area (Å²) in [5, 5.41) is 0. The second-order valence-electron chi connectivity index (χ2n) is 7.50. The number of nitrogens with one attached hydrogen (secondary N) is 1. The normalized spacial score (nSPS) is 15.5. The third-order valence-electron chi connectivity index (χ3n) is 5.53. The van der Waals surface area contributed by atoms with Crippen LogP contribution in [0.2, 0.25) is 0 Å². The van der Waals surface area contributed by atoms with Crippen molar-refractivity contribution in [3.8, 4) is 5.75 Å². The number of piperazine rings is 1. The van der Waals surface area contributed by atoms with Crippen molar-refractivity contribution in [2.45, 2.75) is 25.2 Å². The van der Waals surface area contributed by atoms with Crippen LogP contribution in [0.4, 0.5) is 5.69 Å². The highest BCUT2D eigenvalue weighted by Gasteiger charge is 2.19. The van der Waals surface area contributed by atoms with Crippen LogP contribution < -0.4 is 14.4 Å². The number of ether oxygens (including phenoxy) is 1. The molecule has 6 nitrogen and oxygen atoms in total. The van der Waals surface area contributed by atoms with Crippen molar-refractivity contribution in [3.05, 3.63) is 53.6 Å². The van der Waals surface area contributed by atoms with E-state index in [9.17, 15) is 8.42 Å². The molecule has 0 saturated carbocycles. The number of aryl methyl sites for hydroxylation is 2. The summed E-state index contributed by atoms with van der Waals surface area (Å²) in [6.07, 6.45) is 0.790. The minimum Gasteiger partial charge on any atom is -0.495 e. The molecule has 0 amide bonds. The summed E-state index contributed by atoms with van der Waals surface area (Å²) in [6.45, 7) is 9.04. The zero-order valence-electron chi connectivity index (χ0n) is 17.5. The fourth-order valence-electron chi connectivity index (χ4n) is 3.58. The molecule has 158 valence electrons. The van der Waals surface area contributed by atoms with Crippen LogP contribution in [0.25, 0.3) is 0 Å². The van der Waals surface area contributed by atoms with Gasteiger partial charge in [0.05, 0.1) is 17.7 Å². The van der Waals surface area contributed by atoms with E-state index in [1.807, 2.05) is 38.1 Å². The predicted molar refractivity (Wildman–Crippen MR) is 117 cm³/mol. The summed E-state index contributed by atoms with van der Waals surface area (Å²) in [7, 11) is -1.74. The van der Waals surface area contributed by atoms with Gasteiger partial charge in [-0.2, -0.15) is 0 Å². The molecule has 0 unspecified atom stereocenters. The van der Waals surface area contributed by atoms with Crippen molar-refractivity contribution in [3.63, 3.8) is 0 Å². The van der Waals surface area contributed by atoms with Gasteiger partial charge in [0.25, 0.3) is 0 Å². The predicted octanol–water partition coefficient (Wildman–Crippen LogP) is 2.80. The molecular weight excluding hydrogens is 386 g/mol. The highest BCUT2D eigenvalue weighted by molar-refractivity contribution is 7.89. The number of methoxy groups -OCH3 is 1. The van der Waals surface area contributed by atoms with Gasteiger partial charge in [0.1, 0.15) is 5.75 Å². The molecule has 0 bridgehead atoms. The van der Waals surface area contributed by atoms with Crippen LogP contribution in [0.5, 0.6) is 5.75 Å². The summed E-state index contributed by atoms with van der Waals surface area (Å²) in [4.78, 5) is 5.07. The minimum absolute atomic E-state index is 0.339. The molecule has 1 saturated heterocycles. The maximum absolute atomic E-state index is 12.5. The number of para-hydroxylation sites is 2. The summed E-state index contributed by atoms with van der Waals surface area (Å²) >= 11 is 0. The van der Waals surface area contributed by atoms with E-state index in [0.29, 0.717) is 11.4 Å². The average Bonchev–Trinajstić information content (AvgIpc) is 2.73. The van der Waals surface area contributed by atoms with Crippen LogP contribution in [0.15, 0.2) is 47.4 Å². The lowest BCUT2D eigenvalue weighted by Gasteiger charge is -2.36. The molecule has 3 rings (SSSR count). The third kappa shape index (κ3) is 5.50. The number of hydrogen-bond acceptors (Lipinski definition) is 5. The zero-order valence-corrected chi connectivity index (χ0v) is 18.3. The molecule has 2 aromatic rings. The number of anilines is 1. The molecule has 1 aliphatic heterocycles. The van der Waals surface area contributed by atoms with E-state index >= 15 is 0 Å². The van der Waals surface area contributed by atoms with Gasteiger partial charge in [-0.15, -0.1) is 0 Å². The van der Waals surface area contributed by atoms with Gasteiger partial charge >= 0.3 is 0 Å². The average molecular weight is 418 g/mol. The molecule has 1 N–H and O–H groups in total. The molecule has 1 fully saturated rings. The summed E-state index contributed by atoms with van der Waals surface area (Å²) in [6, 6.07) is 13.4. The first-order valence-electron chi connectivity index (χ1n) is 10.1. The molecule has 7 heteroatoms. The Morgan fingerprint density at radius 1 is 1.00 bits per heavy atom. The molecule has 29 heavy (non-hydrogen) atoms. The molecule has 0 atom stereocenters. The number of nitrogens with zero attached hydrogens (tertiary/aromatic N) is 2. The molecule has 0 aromatic heterocycles. The SMILES string of the molecule is COc1ccccc1N1CCN(CCCNS(=O)(=O)c2ccc(C)c(C)c2)CC1. The van der Waals surface area contributed by atoms with Crippen molar-refractivity contribution in [1.82, 2.24) is 9.62 Å². The first-order valence-corrected chi connectivity index (χ1v) is 11.6. The van der Waals surface area contributed by atoms with E-state index in [2.05, 4.69) is 20.6 Å². The van der Waals surface area contributed by atoms with Crippen molar-refractivity contribution in [2.75, 3.05) is 51.3 Å². The van der Waals surface area contributed by atoms with Crippen molar-refractivity contribution in [1.29, 1.82) is 0 Å². The maximum Gasteiger partial charge on any atom is 0.240 e. The fourth-order valence-corrected chi connectivity index (χ4v) is 4.74. The van der Waals surface area contributed by atoms with Gasteiger partial charge < -0.3 is 9.64 Å². The standard InChI is InChI=1S/C22H31N3O3S/c1-18-9-10-20(17-19(18)2)29(26,27)23-11-6-12-24-13-15-25(16-14-24)21-7-4-5-8-22(21)28-3/h4-5,7-10,17,23H,6,11-16H2,1-3H3. The van der Waals surface area contributed by atoms with Crippen LogP contribution in [0.3, 0.4) is 0 Å². The Balaban J connectivity index is 1.43. The molecule has 0 spiro atoms. The van der Waals surface area contributed by atoms with Gasteiger partial charge in [0.2, 0.25) is 10.0 Å². The van der Waals surface area contributed by atoms with Gasteiger partial charge in [-0.1, -0.05) is 18.2 Å². The summed E-state index contributed by atoms with van der Waals surface area (Å²) in [5.41, 5.74) is 3.22. The van der Waals surface area contributed by atoms with Crippen molar-refractivity contribution < 1.29 is 13.2 Å². The van der Waals surface area contributed by atoms with Crippen LogP contribution in [0.1, 0.15) is 17.5 Å². The van der Waals surface area contributed by atoms with Crippen LogP contribution in [-0.2, 0) is 10.0 Å².